The van der Waals surface area contributed by atoms with Gasteiger partial charge in [0.15, 0.2) is 0 Å². The first kappa shape index (κ1) is 13.0. The van der Waals surface area contributed by atoms with Crippen LogP contribution in [0.15, 0.2) is 42.5 Å². The minimum Gasteiger partial charge on any atom is -0.368 e. The van der Waals surface area contributed by atoms with Crippen molar-refractivity contribution in [1.82, 2.24) is 9.97 Å². The van der Waals surface area contributed by atoms with Crippen molar-refractivity contribution in [3.05, 3.63) is 52.5 Å². The fourth-order valence-electron chi connectivity index (χ4n) is 1.91. The quantitative estimate of drug-likeness (QED) is 0.742. The molecular formula is C14H10Cl2N4. The number of nitrogens with one attached hydrogen (secondary N) is 1. The van der Waals surface area contributed by atoms with Crippen LogP contribution in [0.5, 0.6) is 0 Å². The highest BCUT2D eigenvalue weighted by molar-refractivity contribution is 6.35. The van der Waals surface area contributed by atoms with Gasteiger partial charge in [-0.25, -0.2) is 4.98 Å². The first-order valence-corrected chi connectivity index (χ1v) is 6.63. The van der Waals surface area contributed by atoms with Gasteiger partial charge < -0.3 is 11.1 Å². The third-order valence-corrected chi connectivity index (χ3v) is 3.37. The zero-order valence-electron chi connectivity index (χ0n) is 10.3. The molecule has 1 aromatic heterocycles. The highest BCUT2D eigenvalue weighted by atomic mass is 35.5. The SMILES string of the molecule is Nc1nc(Nc2cc(Cl)ccc2Cl)c2ccccc2n1. The molecule has 3 rings (SSSR count). The average Bonchev–Trinajstić information content (AvgIpc) is 2.43. The van der Waals surface area contributed by atoms with Gasteiger partial charge in [-0.15, -0.1) is 0 Å². The van der Waals surface area contributed by atoms with E-state index in [9.17, 15) is 0 Å². The maximum absolute atomic E-state index is 6.14. The van der Waals surface area contributed by atoms with Crippen LogP contribution in [0.25, 0.3) is 10.9 Å². The molecule has 0 fully saturated rings. The van der Waals surface area contributed by atoms with Gasteiger partial charge in [0.1, 0.15) is 5.82 Å². The van der Waals surface area contributed by atoms with Gasteiger partial charge in [0.05, 0.1) is 16.2 Å². The lowest BCUT2D eigenvalue weighted by atomic mass is 10.2. The van der Waals surface area contributed by atoms with Gasteiger partial charge in [-0.1, -0.05) is 35.3 Å². The van der Waals surface area contributed by atoms with Crippen LogP contribution in [-0.4, -0.2) is 9.97 Å². The van der Waals surface area contributed by atoms with Gasteiger partial charge in [-0.3, -0.25) is 0 Å². The molecule has 0 unspecified atom stereocenters. The highest BCUT2D eigenvalue weighted by Crippen LogP contribution is 2.30. The normalized spacial score (nSPS) is 10.7. The van der Waals surface area contributed by atoms with Crippen molar-refractivity contribution in [2.75, 3.05) is 11.1 Å². The number of para-hydroxylation sites is 1. The largest absolute Gasteiger partial charge is 0.368 e. The van der Waals surface area contributed by atoms with E-state index in [0.717, 1.165) is 10.9 Å². The number of halogens is 2. The second-order valence-electron chi connectivity index (χ2n) is 4.20. The molecule has 0 amide bonds. The predicted octanol–water partition coefficient (Wildman–Crippen LogP) is 4.26. The van der Waals surface area contributed by atoms with E-state index in [2.05, 4.69) is 15.3 Å². The van der Waals surface area contributed by atoms with Crippen molar-refractivity contribution in [2.24, 2.45) is 0 Å². The Kier molecular flexibility index (Phi) is 3.34. The summed E-state index contributed by atoms with van der Waals surface area (Å²) < 4.78 is 0. The summed E-state index contributed by atoms with van der Waals surface area (Å²) in [6.45, 7) is 0. The molecule has 0 radical (unpaired) electrons. The van der Waals surface area contributed by atoms with Crippen LogP contribution in [-0.2, 0) is 0 Å². The lowest BCUT2D eigenvalue weighted by Crippen LogP contribution is -2.01. The van der Waals surface area contributed by atoms with Gasteiger partial charge >= 0.3 is 0 Å². The molecule has 0 aliphatic carbocycles. The van der Waals surface area contributed by atoms with Gasteiger partial charge in [0.25, 0.3) is 0 Å². The van der Waals surface area contributed by atoms with Gasteiger partial charge in [-0.05, 0) is 30.3 Å². The molecule has 2 aromatic carbocycles. The fourth-order valence-corrected chi connectivity index (χ4v) is 2.25. The predicted molar refractivity (Wildman–Crippen MR) is 83.7 cm³/mol. The topological polar surface area (TPSA) is 63.8 Å². The number of anilines is 3. The van der Waals surface area contributed by atoms with E-state index in [0.29, 0.717) is 21.6 Å². The molecule has 3 aromatic rings. The van der Waals surface area contributed by atoms with Crippen molar-refractivity contribution in [3.63, 3.8) is 0 Å². The van der Waals surface area contributed by atoms with Crippen LogP contribution in [0.3, 0.4) is 0 Å². The summed E-state index contributed by atoms with van der Waals surface area (Å²) in [5.41, 5.74) is 7.16. The van der Waals surface area contributed by atoms with E-state index in [4.69, 9.17) is 28.9 Å². The zero-order chi connectivity index (χ0) is 14.1. The van der Waals surface area contributed by atoms with Crippen molar-refractivity contribution in [2.45, 2.75) is 0 Å². The van der Waals surface area contributed by atoms with Gasteiger partial charge in [-0.2, -0.15) is 4.98 Å². The Morgan fingerprint density at radius 1 is 1.00 bits per heavy atom. The molecular weight excluding hydrogens is 295 g/mol. The Morgan fingerprint density at radius 3 is 2.65 bits per heavy atom. The molecule has 1 heterocycles. The summed E-state index contributed by atoms with van der Waals surface area (Å²) in [5.74, 6) is 0.793. The summed E-state index contributed by atoms with van der Waals surface area (Å²) in [5, 5.41) is 5.15. The molecule has 4 nitrogen and oxygen atoms in total. The zero-order valence-corrected chi connectivity index (χ0v) is 11.8. The fraction of sp³-hybridized carbons (Fsp3) is 0. The highest BCUT2D eigenvalue weighted by Gasteiger charge is 2.08. The standard InChI is InChI=1S/C14H10Cl2N4/c15-8-5-6-10(16)12(7-8)18-13-9-3-1-2-4-11(9)19-14(17)20-13/h1-7H,(H3,17,18,19,20). The molecule has 0 aliphatic rings. The first-order valence-electron chi connectivity index (χ1n) is 5.88. The number of nitrogen functional groups attached to an aromatic ring is 1. The number of nitrogens with two attached hydrogens (primary N) is 1. The Morgan fingerprint density at radius 2 is 1.80 bits per heavy atom. The monoisotopic (exact) mass is 304 g/mol. The van der Waals surface area contributed by atoms with E-state index in [1.807, 2.05) is 24.3 Å². The molecule has 0 spiro atoms. The molecule has 6 heteroatoms. The summed E-state index contributed by atoms with van der Waals surface area (Å²) >= 11 is 12.1. The number of benzene rings is 2. The van der Waals surface area contributed by atoms with Crippen LogP contribution in [0.1, 0.15) is 0 Å². The third-order valence-electron chi connectivity index (χ3n) is 2.80. The maximum Gasteiger partial charge on any atom is 0.222 e. The van der Waals surface area contributed by atoms with Crippen molar-refractivity contribution >= 4 is 51.6 Å². The number of aromatic nitrogens is 2. The van der Waals surface area contributed by atoms with E-state index >= 15 is 0 Å². The van der Waals surface area contributed by atoms with Gasteiger partial charge in [0, 0.05) is 10.4 Å². The van der Waals surface area contributed by atoms with E-state index in [1.165, 1.54) is 0 Å². The van der Waals surface area contributed by atoms with Crippen LogP contribution in [0, 0.1) is 0 Å². The summed E-state index contributed by atoms with van der Waals surface area (Å²) in [4.78, 5) is 8.41. The van der Waals surface area contributed by atoms with Crippen LogP contribution in [0.2, 0.25) is 10.0 Å². The summed E-state index contributed by atoms with van der Waals surface area (Å²) in [7, 11) is 0. The second-order valence-corrected chi connectivity index (χ2v) is 5.04. The first-order chi connectivity index (χ1) is 9.63. The smallest absolute Gasteiger partial charge is 0.222 e. The average molecular weight is 305 g/mol. The molecule has 100 valence electrons. The van der Waals surface area contributed by atoms with Crippen LogP contribution >= 0.6 is 23.2 Å². The third kappa shape index (κ3) is 2.48. The lowest BCUT2D eigenvalue weighted by Gasteiger charge is -2.11. The minimum atomic E-state index is 0.198. The molecule has 0 saturated heterocycles. The number of hydrogen-bond donors (Lipinski definition) is 2. The number of fused-ring (bicyclic) bond motifs is 1. The van der Waals surface area contributed by atoms with E-state index in [-0.39, 0.29) is 5.95 Å². The van der Waals surface area contributed by atoms with E-state index < -0.39 is 0 Å². The molecule has 0 bridgehead atoms. The van der Waals surface area contributed by atoms with Crippen molar-refractivity contribution < 1.29 is 0 Å². The lowest BCUT2D eigenvalue weighted by molar-refractivity contribution is 1.23. The number of nitrogens with zero attached hydrogens (tertiary/aromatic N) is 2. The van der Waals surface area contributed by atoms with Gasteiger partial charge in [0.2, 0.25) is 5.95 Å². The summed E-state index contributed by atoms with van der Waals surface area (Å²) in [6, 6.07) is 12.8. The summed E-state index contributed by atoms with van der Waals surface area (Å²) in [6.07, 6.45) is 0. The van der Waals surface area contributed by atoms with Crippen LogP contribution < -0.4 is 11.1 Å². The number of rotatable bonds is 2. The Hall–Kier alpha value is -2.04. The second kappa shape index (κ2) is 5.15. The van der Waals surface area contributed by atoms with Crippen molar-refractivity contribution in [3.8, 4) is 0 Å². The molecule has 0 atom stereocenters. The minimum absolute atomic E-state index is 0.198. The van der Waals surface area contributed by atoms with Crippen LogP contribution in [0.4, 0.5) is 17.5 Å². The Balaban J connectivity index is 2.13. The molecule has 20 heavy (non-hydrogen) atoms. The van der Waals surface area contributed by atoms with E-state index in [1.54, 1.807) is 18.2 Å². The van der Waals surface area contributed by atoms with Crippen molar-refractivity contribution in [1.29, 1.82) is 0 Å². The Bertz CT molecular complexity index is 789. The molecule has 3 N–H and O–H groups in total. The maximum atomic E-state index is 6.14. The number of hydrogen-bond acceptors (Lipinski definition) is 4. The molecule has 0 aliphatic heterocycles. The Labute approximate surface area is 125 Å². The molecule has 0 saturated carbocycles.